The van der Waals surface area contributed by atoms with E-state index < -0.39 is 11.9 Å². The van der Waals surface area contributed by atoms with Crippen molar-refractivity contribution in [1.82, 2.24) is 4.98 Å². The fourth-order valence-corrected chi connectivity index (χ4v) is 2.36. The Morgan fingerprint density at radius 1 is 1.03 bits per heavy atom. The number of pyridine rings is 1. The third kappa shape index (κ3) is 11.8. The number of rotatable bonds is 9. The Hall–Kier alpha value is -0.974. The Labute approximate surface area is 234 Å². The van der Waals surface area contributed by atoms with Crippen molar-refractivity contribution in [3.63, 3.8) is 0 Å². The molecule has 0 fully saturated rings. The van der Waals surface area contributed by atoms with Crippen LogP contribution >= 0.6 is 0 Å². The number of aromatic nitrogens is 1. The molecule has 1 heterocycles. The van der Waals surface area contributed by atoms with E-state index in [1.807, 2.05) is 26.0 Å². The SMILES string of the molecule is CC(C)(C)[O-].CCOC(OCC)c1ccccc1C(=O)c1cccnc1ON=C(C)C.[K+]. The first kappa shape index (κ1) is 31.0. The molecule has 170 valence electrons. The second-order valence-corrected chi connectivity index (χ2v) is 7.76. The topological polar surface area (TPSA) is 93.1 Å². The summed E-state index contributed by atoms with van der Waals surface area (Å²) in [6.07, 6.45) is 0.948. The van der Waals surface area contributed by atoms with Crippen LogP contribution < -0.4 is 61.3 Å². The summed E-state index contributed by atoms with van der Waals surface area (Å²) in [5.41, 5.74) is 1.46. The zero-order valence-corrected chi connectivity index (χ0v) is 23.6. The molecule has 0 N–H and O–H groups in total. The minimum absolute atomic E-state index is 0. The Bertz CT molecular complexity index is 849. The van der Waals surface area contributed by atoms with Gasteiger partial charge in [0.2, 0.25) is 0 Å². The van der Waals surface area contributed by atoms with E-state index >= 15 is 0 Å². The monoisotopic (exact) mass is 468 g/mol. The van der Waals surface area contributed by atoms with Crippen molar-refractivity contribution in [2.45, 2.75) is 60.4 Å². The summed E-state index contributed by atoms with van der Waals surface area (Å²) in [4.78, 5) is 22.6. The van der Waals surface area contributed by atoms with Gasteiger partial charge in [-0.1, -0.05) is 50.2 Å². The molecule has 0 atom stereocenters. The van der Waals surface area contributed by atoms with E-state index in [-0.39, 0.29) is 63.0 Å². The molecule has 0 saturated carbocycles. The number of oxime groups is 1. The molecule has 2 rings (SSSR count). The maximum absolute atomic E-state index is 13.2. The van der Waals surface area contributed by atoms with Crippen LogP contribution in [0.3, 0.4) is 0 Å². The van der Waals surface area contributed by atoms with Gasteiger partial charge in [0.25, 0.3) is 5.88 Å². The molecular formula is C24H33KN2O5. The van der Waals surface area contributed by atoms with Crippen molar-refractivity contribution in [3.8, 4) is 5.88 Å². The molecule has 0 aliphatic carbocycles. The predicted molar refractivity (Wildman–Crippen MR) is 119 cm³/mol. The fourth-order valence-electron chi connectivity index (χ4n) is 2.36. The van der Waals surface area contributed by atoms with Gasteiger partial charge < -0.3 is 19.4 Å². The molecule has 0 aliphatic rings. The van der Waals surface area contributed by atoms with Crippen LogP contribution in [0.5, 0.6) is 5.88 Å². The molecule has 1 aromatic carbocycles. The number of carbonyl (C=O) groups is 1. The normalized spacial score (nSPS) is 10.5. The number of nitrogens with zero attached hydrogens (tertiary/aromatic N) is 2. The minimum atomic E-state index is -0.750. The Morgan fingerprint density at radius 3 is 2.09 bits per heavy atom. The van der Waals surface area contributed by atoms with Crippen LogP contribution in [0, 0.1) is 0 Å². The predicted octanol–water partition coefficient (Wildman–Crippen LogP) is 1.31. The smallest absolute Gasteiger partial charge is 0.850 e. The van der Waals surface area contributed by atoms with E-state index in [1.165, 1.54) is 0 Å². The Morgan fingerprint density at radius 2 is 1.56 bits per heavy atom. The third-order valence-corrected chi connectivity index (χ3v) is 3.43. The van der Waals surface area contributed by atoms with Gasteiger partial charge in [-0.3, -0.25) is 4.79 Å². The van der Waals surface area contributed by atoms with Crippen LogP contribution in [-0.2, 0) is 9.47 Å². The van der Waals surface area contributed by atoms with Crippen molar-refractivity contribution < 1.29 is 75.6 Å². The van der Waals surface area contributed by atoms with E-state index in [2.05, 4.69) is 10.1 Å². The van der Waals surface area contributed by atoms with Crippen LogP contribution in [0.1, 0.15) is 76.2 Å². The molecule has 0 bridgehead atoms. The van der Waals surface area contributed by atoms with Crippen LogP contribution in [-0.4, -0.2) is 35.3 Å². The largest absolute Gasteiger partial charge is 1.00 e. The van der Waals surface area contributed by atoms with Crippen molar-refractivity contribution in [1.29, 1.82) is 0 Å². The van der Waals surface area contributed by atoms with Gasteiger partial charge >= 0.3 is 51.4 Å². The van der Waals surface area contributed by atoms with Gasteiger partial charge in [-0.25, -0.2) is 4.98 Å². The van der Waals surface area contributed by atoms with E-state index in [0.717, 1.165) is 5.71 Å². The van der Waals surface area contributed by atoms with Crippen molar-refractivity contribution >= 4 is 11.5 Å². The average molecular weight is 469 g/mol. The molecular weight excluding hydrogens is 435 g/mol. The molecule has 0 radical (unpaired) electrons. The first-order valence-corrected chi connectivity index (χ1v) is 10.3. The summed E-state index contributed by atoms with van der Waals surface area (Å²) in [6.45, 7) is 13.2. The summed E-state index contributed by atoms with van der Waals surface area (Å²) >= 11 is 0. The quantitative estimate of drug-likeness (QED) is 0.181. The van der Waals surface area contributed by atoms with Crippen LogP contribution in [0.25, 0.3) is 0 Å². The third-order valence-electron chi connectivity index (χ3n) is 3.43. The molecule has 1 aromatic heterocycles. The number of ether oxygens (including phenoxy) is 2. The van der Waals surface area contributed by atoms with Gasteiger partial charge in [0, 0.05) is 30.5 Å². The maximum atomic E-state index is 13.2. The molecule has 0 aliphatic heterocycles. The maximum Gasteiger partial charge on any atom is 1.00 e. The molecule has 0 unspecified atom stereocenters. The summed E-state index contributed by atoms with van der Waals surface area (Å²) < 4.78 is 11.3. The first-order chi connectivity index (χ1) is 14.6. The standard InChI is InChI=1S/C20H24N2O4.C4H9O.K/c1-5-24-20(25-6-2)16-11-8-7-10-15(16)18(23)17-12-9-13-21-19(17)26-22-14(3)4;1-4(2,3)5;/h7-13,20H,5-6H2,1-4H3;1-3H3;/q;-1;+1. The van der Waals surface area contributed by atoms with E-state index in [4.69, 9.17) is 14.3 Å². The van der Waals surface area contributed by atoms with Crippen molar-refractivity contribution in [2.24, 2.45) is 5.16 Å². The Kier molecular flexibility index (Phi) is 15.3. The second kappa shape index (κ2) is 15.8. The molecule has 32 heavy (non-hydrogen) atoms. The molecule has 7 nitrogen and oxygen atoms in total. The van der Waals surface area contributed by atoms with Gasteiger partial charge in [0.1, 0.15) is 0 Å². The molecule has 0 spiro atoms. The van der Waals surface area contributed by atoms with Crippen molar-refractivity contribution in [2.75, 3.05) is 13.2 Å². The molecule has 0 saturated heterocycles. The van der Waals surface area contributed by atoms with E-state index in [1.54, 1.807) is 65.1 Å². The number of carbonyl (C=O) groups excluding carboxylic acids is 1. The van der Waals surface area contributed by atoms with Crippen molar-refractivity contribution in [3.05, 3.63) is 59.3 Å². The number of hydrogen-bond donors (Lipinski definition) is 0. The Balaban J connectivity index is 0.00000144. The molecule has 2 aromatic rings. The van der Waals surface area contributed by atoms with E-state index in [9.17, 15) is 9.90 Å². The van der Waals surface area contributed by atoms with Crippen LogP contribution in [0.2, 0.25) is 0 Å². The first-order valence-electron chi connectivity index (χ1n) is 10.3. The minimum Gasteiger partial charge on any atom is -0.850 e. The summed E-state index contributed by atoms with van der Waals surface area (Å²) in [7, 11) is 0. The van der Waals surface area contributed by atoms with Gasteiger partial charge in [-0.15, -0.1) is 5.60 Å². The summed E-state index contributed by atoms with van der Waals surface area (Å²) in [5, 5.41) is 14.0. The number of ketones is 1. The van der Waals surface area contributed by atoms with Gasteiger partial charge in [-0.05, 0) is 39.8 Å². The van der Waals surface area contributed by atoms with Gasteiger partial charge in [-0.2, -0.15) is 0 Å². The van der Waals surface area contributed by atoms with E-state index in [0.29, 0.717) is 29.9 Å². The zero-order valence-electron chi connectivity index (χ0n) is 20.5. The molecule has 8 heteroatoms. The molecule has 0 amide bonds. The summed E-state index contributed by atoms with van der Waals surface area (Å²) in [5.74, 6) is -0.0602. The average Bonchev–Trinajstić information content (AvgIpc) is 2.70. The number of hydrogen-bond acceptors (Lipinski definition) is 7. The summed E-state index contributed by atoms with van der Waals surface area (Å²) in [6, 6.07) is 10.6. The van der Waals surface area contributed by atoms with Gasteiger partial charge in [0.05, 0.1) is 11.3 Å². The van der Waals surface area contributed by atoms with Crippen LogP contribution in [0.15, 0.2) is 47.8 Å². The fraction of sp³-hybridized carbons (Fsp3) is 0.458. The second-order valence-electron chi connectivity index (χ2n) is 7.76. The zero-order chi connectivity index (χ0) is 23.4. The van der Waals surface area contributed by atoms with Crippen LogP contribution in [0.4, 0.5) is 0 Å². The number of benzene rings is 1. The van der Waals surface area contributed by atoms with Gasteiger partial charge in [0.15, 0.2) is 12.1 Å².